The Morgan fingerprint density at radius 3 is 3.25 bits per heavy atom. The molecule has 6 heteroatoms. The van der Waals surface area contributed by atoms with E-state index in [2.05, 4.69) is 50.2 Å². The lowest BCUT2D eigenvalue weighted by Crippen LogP contribution is -2.25. The van der Waals surface area contributed by atoms with Crippen molar-refractivity contribution in [3.05, 3.63) is 22.3 Å². The zero-order chi connectivity index (χ0) is 13.9. The Hall–Kier alpha value is -0.730. The number of rotatable bonds is 4. The molecule has 5 nitrogen and oxygen atoms in total. The highest BCUT2D eigenvalue weighted by atomic mass is 127. The molecule has 0 unspecified atom stereocenters. The number of ether oxygens (including phenoxy) is 2. The van der Waals surface area contributed by atoms with Gasteiger partial charge in [-0.15, -0.1) is 0 Å². The van der Waals surface area contributed by atoms with Crippen LogP contribution in [0.25, 0.3) is 11.0 Å². The first-order chi connectivity index (χ1) is 9.75. The maximum atomic E-state index is 5.87. The van der Waals surface area contributed by atoms with Gasteiger partial charge in [0.25, 0.3) is 0 Å². The first-order valence-corrected chi connectivity index (χ1v) is 8.03. The number of fused-ring (bicyclic) bond motifs is 1. The molecule has 0 spiro atoms. The lowest BCUT2D eigenvalue weighted by Gasteiger charge is -2.24. The Morgan fingerprint density at radius 1 is 1.55 bits per heavy atom. The third-order valence-electron chi connectivity index (χ3n) is 3.58. The molecule has 1 fully saturated rings. The SMILES string of the molecule is C[C@@H](CO[C@@H]1CCCCO1)n1cc(I)c2cncnc21. The average molecular weight is 387 g/mol. The van der Waals surface area contributed by atoms with Crippen LogP contribution in [0.3, 0.4) is 0 Å². The summed E-state index contributed by atoms with van der Waals surface area (Å²) in [6.45, 7) is 3.59. The van der Waals surface area contributed by atoms with E-state index in [0.717, 1.165) is 30.5 Å². The molecule has 3 rings (SSSR count). The summed E-state index contributed by atoms with van der Waals surface area (Å²) >= 11 is 2.32. The van der Waals surface area contributed by atoms with Crippen LogP contribution in [0.1, 0.15) is 32.2 Å². The zero-order valence-corrected chi connectivity index (χ0v) is 13.6. The number of hydrogen-bond acceptors (Lipinski definition) is 4. The molecule has 0 N–H and O–H groups in total. The standard InChI is InChI=1S/C14H18IN3O2/c1-10(8-20-13-4-2-3-5-19-13)18-7-12(15)11-6-16-9-17-14(11)18/h6-7,9-10,13H,2-5,8H2,1H3/t10-,13+/m0/s1. The third-order valence-corrected chi connectivity index (χ3v) is 4.44. The Balaban J connectivity index is 1.70. The summed E-state index contributed by atoms with van der Waals surface area (Å²) in [5.74, 6) is 0. The Morgan fingerprint density at radius 2 is 2.45 bits per heavy atom. The second kappa shape index (κ2) is 6.36. The number of halogens is 1. The predicted molar refractivity (Wildman–Crippen MR) is 84.5 cm³/mol. The molecule has 0 bridgehead atoms. The van der Waals surface area contributed by atoms with Crippen molar-refractivity contribution < 1.29 is 9.47 Å². The molecule has 1 aliphatic heterocycles. The Bertz CT molecular complexity index is 581. The molecule has 108 valence electrons. The van der Waals surface area contributed by atoms with Crippen molar-refractivity contribution >= 4 is 33.6 Å². The largest absolute Gasteiger partial charge is 0.353 e. The molecule has 2 aromatic rings. The van der Waals surface area contributed by atoms with Crippen LogP contribution in [0.4, 0.5) is 0 Å². The van der Waals surface area contributed by atoms with Crippen molar-refractivity contribution in [3.8, 4) is 0 Å². The fourth-order valence-electron chi connectivity index (χ4n) is 2.46. The summed E-state index contributed by atoms with van der Waals surface area (Å²) in [6.07, 6.45) is 8.85. The van der Waals surface area contributed by atoms with E-state index >= 15 is 0 Å². The van der Waals surface area contributed by atoms with E-state index in [4.69, 9.17) is 9.47 Å². The van der Waals surface area contributed by atoms with Gasteiger partial charge in [0.1, 0.15) is 12.0 Å². The second-order valence-corrected chi connectivity index (χ2v) is 6.29. The summed E-state index contributed by atoms with van der Waals surface area (Å²) < 4.78 is 14.8. The first kappa shape index (κ1) is 14.2. The monoisotopic (exact) mass is 387 g/mol. The average Bonchev–Trinajstić information content (AvgIpc) is 2.84. The molecular weight excluding hydrogens is 369 g/mol. The van der Waals surface area contributed by atoms with Crippen LogP contribution in [0.5, 0.6) is 0 Å². The molecule has 0 saturated carbocycles. The summed E-state index contributed by atoms with van der Waals surface area (Å²) in [4.78, 5) is 8.46. The molecule has 1 saturated heterocycles. The highest BCUT2D eigenvalue weighted by Gasteiger charge is 2.17. The highest BCUT2D eigenvalue weighted by Crippen LogP contribution is 2.24. The van der Waals surface area contributed by atoms with E-state index in [-0.39, 0.29) is 12.3 Å². The van der Waals surface area contributed by atoms with Gasteiger partial charge in [-0.3, -0.25) is 0 Å². The quantitative estimate of drug-likeness (QED) is 0.757. The fourth-order valence-corrected chi connectivity index (χ4v) is 3.14. The van der Waals surface area contributed by atoms with Gasteiger partial charge in [-0.2, -0.15) is 0 Å². The molecule has 20 heavy (non-hydrogen) atoms. The van der Waals surface area contributed by atoms with Crippen molar-refractivity contribution in [1.82, 2.24) is 14.5 Å². The van der Waals surface area contributed by atoms with E-state index in [9.17, 15) is 0 Å². The van der Waals surface area contributed by atoms with Crippen LogP contribution < -0.4 is 0 Å². The zero-order valence-electron chi connectivity index (χ0n) is 11.5. The summed E-state index contributed by atoms with van der Waals surface area (Å²) in [5.41, 5.74) is 0.963. The van der Waals surface area contributed by atoms with Crippen LogP contribution in [0.2, 0.25) is 0 Å². The molecule has 0 aliphatic carbocycles. The van der Waals surface area contributed by atoms with E-state index in [1.54, 1.807) is 6.33 Å². The lowest BCUT2D eigenvalue weighted by molar-refractivity contribution is -0.166. The number of aromatic nitrogens is 3. The topological polar surface area (TPSA) is 49.2 Å². The van der Waals surface area contributed by atoms with Gasteiger partial charge in [-0.05, 0) is 48.8 Å². The van der Waals surface area contributed by atoms with Crippen LogP contribution >= 0.6 is 22.6 Å². The lowest BCUT2D eigenvalue weighted by atomic mass is 10.2. The minimum Gasteiger partial charge on any atom is -0.353 e. The number of nitrogens with zero attached hydrogens (tertiary/aromatic N) is 3. The van der Waals surface area contributed by atoms with Crippen molar-refractivity contribution in [2.24, 2.45) is 0 Å². The molecule has 0 aromatic carbocycles. The van der Waals surface area contributed by atoms with Gasteiger partial charge in [-0.1, -0.05) is 0 Å². The van der Waals surface area contributed by atoms with Crippen LogP contribution in [-0.4, -0.2) is 34.0 Å². The van der Waals surface area contributed by atoms with Gasteiger partial charge in [0.05, 0.1) is 18.0 Å². The van der Waals surface area contributed by atoms with Gasteiger partial charge >= 0.3 is 0 Å². The fraction of sp³-hybridized carbons (Fsp3) is 0.571. The van der Waals surface area contributed by atoms with Crippen LogP contribution in [-0.2, 0) is 9.47 Å². The normalized spacial score (nSPS) is 21.2. The molecule has 3 heterocycles. The van der Waals surface area contributed by atoms with Gasteiger partial charge in [0, 0.05) is 22.6 Å². The van der Waals surface area contributed by atoms with Crippen molar-refractivity contribution in [2.45, 2.75) is 38.5 Å². The van der Waals surface area contributed by atoms with E-state index in [1.807, 2.05) is 6.20 Å². The van der Waals surface area contributed by atoms with Gasteiger partial charge < -0.3 is 14.0 Å². The van der Waals surface area contributed by atoms with Crippen molar-refractivity contribution in [1.29, 1.82) is 0 Å². The van der Waals surface area contributed by atoms with Crippen LogP contribution in [0, 0.1) is 3.57 Å². The smallest absolute Gasteiger partial charge is 0.157 e. The molecule has 2 atom stereocenters. The summed E-state index contributed by atoms with van der Waals surface area (Å²) in [6, 6.07) is 0.224. The summed E-state index contributed by atoms with van der Waals surface area (Å²) in [5, 5.41) is 1.09. The van der Waals surface area contributed by atoms with Crippen molar-refractivity contribution in [2.75, 3.05) is 13.2 Å². The molecule has 0 amide bonds. The molecule has 2 aromatic heterocycles. The van der Waals surface area contributed by atoms with E-state index < -0.39 is 0 Å². The predicted octanol–water partition coefficient (Wildman–Crippen LogP) is 3.14. The first-order valence-electron chi connectivity index (χ1n) is 6.95. The Kier molecular flexibility index (Phi) is 4.52. The molecule has 0 radical (unpaired) electrons. The van der Waals surface area contributed by atoms with Crippen molar-refractivity contribution in [3.63, 3.8) is 0 Å². The maximum Gasteiger partial charge on any atom is 0.157 e. The van der Waals surface area contributed by atoms with E-state index in [1.165, 1.54) is 9.99 Å². The highest BCUT2D eigenvalue weighted by molar-refractivity contribution is 14.1. The van der Waals surface area contributed by atoms with Gasteiger partial charge in [-0.25, -0.2) is 9.97 Å². The van der Waals surface area contributed by atoms with Gasteiger partial charge in [0.2, 0.25) is 0 Å². The second-order valence-electron chi connectivity index (χ2n) is 5.12. The van der Waals surface area contributed by atoms with Crippen LogP contribution in [0.15, 0.2) is 18.7 Å². The molecule has 1 aliphatic rings. The molecular formula is C14H18IN3O2. The minimum atomic E-state index is -0.0401. The van der Waals surface area contributed by atoms with E-state index in [0.29, 0.717) is 6.61 Å². The Labute approximate surface area is 131 Å². The number of hydrogen-bond donors (Lipinski definition) is 0. The summed E-state index contributed by atoms with van der Waals surface area (Å²) in [7, 11) is 0. The minimum absolute atomic E-state index is 0.0401. The maximum absolute atomic E-state index is 5.87. The van der Waals surface area contributed by atoms with Gasteiger partial charge in [0.15, 0.2) is 6.29 Å². The third kappa shape index (κ3) is 2.96.